The van der Waals surface area contributed by atoms with Gasteiger partial charge < -0.3 is 8.98 Å². The minimum absolute atomic E-state index is 0.618. The second-order valence-corrected chi connectivity index (χ2v) is 12.4. The largest absolute Gasteiger partial charge is 0.455 e. The van der Waals surface area contributed by atoms with Gasteiger partial charge >= 0.3 is 0 Å². The lowest BCUT2D eigenvalue weighted by atomic mass is 9.99. The maximum atomic E-state index is 6.55. The van der Waals surface area contributed by atoms with Crippen molar-refractivity contribution in [2.75, 3.05) is 0 Å². The lowest BCUT2D eigenvalue weighted by Crippen LogP contribution is -2.01. The molecule has 5 heteroatoms. The molecule has 7 aromatic carbocycles. The van der Waals surface area contributed by atoms with E-state index in [1.165, 1.54) is 10.8 Å². The van der Waals surface area contributed by atoms with Gasteiger partial charge in [-0.3, -0.25) is 0 Å². The van der Waals surface area contributed by atoms with Crippen molar-refractivity contribution < 1.29 is 4.42 Å². The highest BCUT2D eigenvalue weighted by Crippen LogP contribution is 2.42. The Hall–Kier alpha value is -6.85. The molecule has 0 radical (unpaired) electrons. The highest BCUT2D eigenvalue weighted by atomic mass is 16.3. The van der Waals surface area contributed by atoms with E-state index < -0.39 is 0 Å². The van der Waals surface area contributed by atoms with Gasteiger partial charge in [-0.1, -0.05) is 146 Å². The zero-order valence-corrected chi connectivity index (χ0v) is 26.9. The number of benzene rings is 7. The summed E-state index contributed by atoms with van der Waals surface area (Å²) in [5.74, 6) is 1.89. The number of fused-ring (bicyclic) bond motifs is 6. The summed E-state index contributed by atoms with van der Waals surface area (Å²) in [4.78, 5) is 14.9. The molecular weight excluding hydrogens is 613 g/mol. The third-order valence-electron chi connectivity index (χ3n) is 9.45. The number of hydrogen-bond donors (Lipinski definition) is 0. The fourth-order valence-corrected chi connectivity index (χ4v) is 7.19. The molecule has 10 aromatic rings. The van der Waals surface area contributed by atoms with E-state index in [-0.39, 0.29) is 0 Å². The molecule has 0 bridgehead atoms. The van der Waals surface area contributed by atoms with Crippen LogP contribution in [0.3, 0.4) is 0 Å². The third-order valence-corrected chi connectivity index (χ3v) is 9.45. The average molecular weight is 641 g/mol. The predicted molar refractivity (Wildman–Crippen MR) is 203 cm³/mol. The van der Waals surface area contributed by atoms with Gasteiger partial charge in [-0.15, -0.1) is 0 Å². The highest BCUT2D eigenvalue weighted by Gasteiger charge is 2.20. The van der Waals surface area contributed by atoms with Crippen LogP contribution in [0, 0.1) is 0 Å². The second-order valence-electron chi connectivity index (χ2n) is 12.4. The molecule has 0 N–H and O–H groups in total. The van der Waals surface area contributed by atoms with Crippen molar-refractivity contribution in [3.63, 3.8) is 0 Å². The van der Waals surface area contributed by atoms with Gasteiger partial charge in [0, 0.05) is 55.0 Å². The molecule has 3 aromatic heterocycles. The number of furan rings is 1. The first-order chi connectivity index (χ1) is 24.8. The summed E-state index contributed by atoms with van der Waals surface area (Å²) < 4.78 is 8.91. The first-order valence-corrected chi connectivity index (χ1v) is 16.7. The molecule has 234 valence electrons. The van der Waals surface area contributed by atoms with Crippen molar-refractivity contribution in [1.82, 2.24) is 19.5 Å². The Kier molecular flexibility index (Phi) is 6.42. The van der Waals surface area contributed by atoms with Crippen LogP contribution >= 0.6 is 0 Å². The smallest absolute Gasteiger partial charge is 0.164 e. The molecule has 0 unspecified atom stereocenters. The second kappa shape index (κ2) is 11.4. The lowest BCUT2D eigenvalue weighted by Gasteiger charge is -2.14. The lowest BCUT2D eigenvalue weighted by molar-refractivity contribution is 0.670. The Morgan fingerprint density at radius 3 is 1.68 bits per heavy atom. The van der Waals surface area contributed by atoms with Gasteiger partial charge in [0.05, 0.1) is 11.0 Å². The van der Waals surface area contributed by atoms with E-state index in [1.807, 2.05) is 72.8 Å². The summed E-state index contributed by atoms with van der Waals surface area (Å²) in [5, 5.41) is 4.59. The minimum Gasteiger partial charge on any atom is -0.455 e. The van der Waals surface area contributed by atoms with Crippen LogP contribution in [-0.4, -0.2) is 19.5 Å². The maximum Gasteiger partial charge on any atom is 0.164 e. The van der Waals surface area contributed by atoms with Crippen molar-refractivity contribution in [1.29, 1.82) is 0 Å². The number of para-hydroxylation sites is 4. The van der Waals surface area contributed by atoms with Gasteiger partial charge in [0.15, 0.2) is 17.5 Å². The van der Waals surface area contributed by atoms with Crippen LogP contribution in [-0.2, 0) is 0 Å². The monoisotopic (exact) mass is 640 g/mol. The molecule has 0 aliphatic rings. The summed E-state index contributed by atoms with van der Waals surface area (Å²) in [5.41, 5.74) is 9.97. The van der Waals surface area contributed by atoms with E-state index in [4.69, 9.17) is 19.4 Å². The van der Waals surface area contributed by atoms with Crippen LogP contribution in [0.1, 0.15) is 0 Å². The predicted octanol–water partition coefficient (Wildman–Crippen LogP) is 11.5. The van der Waals surface area contributed by atoms with Crippen LogP contribution in [0.5, 0.6) is 0 Å². The van der Waals surface area contributed by atoms with E-state index in [9.17, 15) is 0 Å². The molecule has 0 aliphatic carbocycles. The Bertz CT molecular complexity index is 2810. The van der Waals surface area contributed by atoms with Crippen LogP contribution < -0.4 is 0 Å². The standard InChI is InChI=1S/C45H28N4O/c1-3-14-29(15-4-1)43-46-44(30-16-5-2-6-17-30)48-45(47-43)31-18-11-19-32(28-31)49-39-26-9-7-20-33(39)35-22-12-23-36(41(35)49)38-25-13-24-37-34-21-8-10-27-40(34)50-42(37)38/h1-28H. The zero-order chi connectivity index (χ0) is 33.0. The third kappa shape index (κ3) is 4.52. The molecule has 50 heavy (non-hydrogen) atoms. The molecule has 0 amide bonds. The average Bonchev–Trinajstić information content (AvgIpc) is 3.75. The van der Waals surface area contributed by atoms with E-state index in [0.717, 1.165) is 66.5 Å². The van der Waals surface area contributed by atoms with Gasteiger partial charge in [0.25, 0.3) is 0 Å². The first kappa shape index (κ1) is 28.2. The van der Waals surface area contributed by atoms with E-state index in [0.29, 0.717) is 17.5 Å². The van der Waals surface area contributed by atoms with Crippen molar-refractivity contribution >= 4 is 43.7 Å². The fourth-order valence-electron chi connectivity index (χ4n) is 7.19. The molecule has 0 atom stereocenters. The van der Waals surface area contributed by atoms with Crippen molar-refractivity contribution in [3.8, 4) is 51.0 Å². The molecule has 0 spiro atoms. The van der Waals surface area contributed by atoms with Crippen molar-refractivity contribution in [3.05, 3.63) is 170 Å². The number of nitrogens with zero attached hydrogens (tertiary/aromatic N) is 4. The number of aromatic nitrogens is 4. The number of hydrogen-bond acceptors (Lipinski definition) is 4. The molecule has 3 heterocycles. The van der Waals surface area contributed by atoms with Crippen LogP contribution in [0.15, 0.2) is 174 Å². The SMILES string of the molecule is c1ccc(-c2nc(-c3ccccc3)nc(-c3cccc(-n4c5ccccc5c5cccc(-c6cccc7c6oc6ccccc67)c54)c3)n2)cc1. The van der Waals surface area contributed by atoms with Crippen LogP contribution in [0.4, 0.5) is 0 Å². The zero-order valence-electron chi connectivity index (χ0n) is 26.9. The van der Waals surface area contributed by atoms with Gasteiger partial charge in [0.2, 0.25) is 0 Å². The summed E-state index contributed by atoms with van der Waals surface area (Å²) >= 11 is 0. The van der Waals surface area contributed by atoms with Gasteiger partial charge in [0.1, 0.15) is 11.2 Å². The summed E-state index contributed by atoms with van der Waals surface area (Å²) in [6.07, 6.45) is 0. The highest BCUT2D eigenvalue weighted by molar-refractivity contribution is 6.17. The molecular formula is C45H28N4O. The molecule has 5 nitrogen and oxygen atoms in total. The van der Waals surface area contributed by atoms with Crippen LogP contribution in [0.2, 0.25) is 0 Å². The molecule has 0 aliphatic heterocycles. The summed E-state index contributed by atoms with van der Waals surface area (Å²) in [6, 6.07) is 58.5. The normalized spacial score (nSPS) is 11.6. The molecule has 0 fully saturated rings. The Morgan fingerprint density at radius 1 is 0.400 bits per heavy atom. The molecule has 0 saturated carbocycles. The quantitative estimate of drug-likeness (QED) is 0.188. The first-order valence-electron chi connectivity index (χ1n) is 16.7. The van der Waals surface area contributed by atoms with Gasteiger partial charge in [-0.05, 0) is 24.3 Å². The van der Waals surface area contributed by atoms with Crippen molar-refractivity contribution in [2.24, 2.45) is 0 Å². The Morgan fingerprint density at radius 2 is 0.940 bits per heavy atom. The van der Waals surface area contributed by atoms with Gasteiger partial charge in [-0.2, -0.15) is 0 Å². The topological polar surface area (TPSA) is 56.7 Å². The summed E-state index contributed by atoms with van der Waals surface area (Å²) in [7, 11) is 0. The Labute approximate surface area is 287 Å². The van der Waals surface area contributed by atoms with Gasteiger partial charge in [-0.25, -0.2) is 15.0 Å². The molecule has 10 rings (SSSR count). The maximum absolute atomic E-state index is 6.55. The van der Waals surface area contributed by atoms with Crippen LogP contribution in [0.25, 0.3) is 94.7 Å². The van der Waals surface area contributed by atoms with E-state index >= 15 is 0 Å². The fraction of sp³-hybridized carbons (Fsp3) is 0. The Balaban J connectivity index is 1.22. The molecule has 0 saturated heterocycles. The van der Waals surface area contributed by atoms with E-state index in [2.05, 4.69) is 102 Å². The van der Waals surface area contributed by atoms with E-state index in [1.54, 1.807) is 0 Å². The van der Waals surface area contributed by atoms with Crippen molar-refractivity contribution in [2.45, 2.75) is 0 Å². The number of rotatable bonds is 5. The summed E-state index contributed by atoms with van der Waals surface area (Å²) in [6.45, 7) is 0. The minimum atomic E-state index is 0.618.